The van der Waals surface area contributed by atoms with Gasteiger partial charge in [0.15, 0.2) is 0 Å². The smallest absolute Gasteiger partial charge is 0.138 e. The summed E-state index contributed by atoms with van der Waals surface area (Å²) in [7, 11) is 0. The number of halogens is 1. The van der Waals surface area contributed by atoms with Crippen LogP contribution in [0, 0.1) is 6.92 Å². The van der Waals surface area contributed by atoms with Gasteiger partial charge in [0.2, 0.25) is 0 Å². The average Bonchev–Trinajstić information content (AvgIpc) is 2.13. The van der Waals surface area contributed by atoms with Crippen LogP contribution in [0.25, 0.3) is 0 Å². The van der Waals surface area contributed by atoms with Crippen LogP contribution in [-0.2, 0) is 0 Å². The van der Waals surface area contributed by atoms with E-state index in [1.165, 1.54) is 0 Å². The highest BCUT2D eigenvalue weighted by Crippen LogP contribution is 2.31. The van der Waals surface area contributed by atoms with Crippen molar-refractivity contribution in [2.75, 3.05) is 11.9 Å². The van der Waals surface area contributed by atoms with Crippen molar-refractivity contribution in [2.45, 2.75) is 33.7 Å². The van der Waals surface area contributed by atoms with Gasteiger partial charge in [-0.1, -0.05) is 11.6 Å². The fourth-order valence-electron chi connectivity index (χ4n) is 1.39. The van der Waals surface area contributed by atoms with Gasteiger partial charge >= 0.3 is 0 Å². The van der Waals surface area contributed by atoms with Crippen LogP contribution < -0.4 is 10.1 Å². The van der Waals surface area contributed by atoms with Crippen molar-refractivity contribution in [2.24, 2.45) is 0 Å². The van der Waals surface area contributed by atoms with E-state index in [1.54, 1.807) is 0 Å². The SMILES string of the molecule is CCOc1cc(C)c(NC(C)C)cc1Cl. The molecular weight excluding hydrogens is 210 g/mol. The molecule has 0 bridgehead atoms. The molecule has 0 aliphatic heterocycles. The molecule has 15 heavy (non-hydrogen) atoms. The highest BCUT2D eigenvalue weighted by Gasteiger charge is 2.07. The van der Waals surface area contributed by atoms with Gasteiger partial charge in [-0.15, -0.1) is 0 Å². The lowest BCUT2D eigenvalue weighted by molar-refractivity contribution is 0.340. The molecule has 3 heteroatoms. The second-order valence-electron chi connectivity index (χ2n) is 3.83. The van der Waals surface area contributed by atoms with Gasteiger partial charge in [-0.25, -0.2) is 0 Å². The molecule has 0 fully saturated rings. The molecule has 1 rings (SSSR count). The Hall–Kier alpha value is -0.890. The van der Waals surface area contributed by atoms with Crippen LogP contribution in [0.15, 0.2) is 12.1 Å². The zero-order chi connectivity index (χ0) is 11.4. The Kier molecular flexibility index (Phi) is 4.28. The molecule has 1 N–H and O–H groups in total. The molecule has 0 unspecified atom stereocenters. The summed E-state index contributed by atoms with van der Waals surface area (Å²) in [5.41, 5.74) is 2.22. The van der Waals surface area contributed by atoms with E-state index in [1.807, 2.05) is 26.0 Å². The number of hydrogen-bond donors (Lipinski definition) is 1. The fourth-order valence-corrected chi connectivity index (χ4v) is 1.61. The minimum absolute atomic E-state index is 0.401. The van der Waals surface area contributed by atoms with Crippen LogP contribution in [0.2, 0.25) is 5.02 Å². The van der Waals surface area contributed by atoms with Gasteiger partial charge in [0, 0.05) is 11.7 Å². The lowest BCUT2D eigenvalue weighted by atomic mass is 10.1. The molecule has 0 saturated heterocycles. The molecule has 0 aliphatic carbocycles. The molecule has 0 aromatic heterocycles. The van der Waals surface area contributed by atoms with E-state index in [9.17, 15) is 0 Å². The summed E-state index contributed by atoms with van der Waals surface area (Å²) in [6.45, 7) is 8.83. The monoisotopic (exact) mass is 227 g/mol. The Balaban J connectivity index is 2.97. The highest BCUT2D eigenvalue weighted by atomic mass is 35.5. The molecular formula is C12H18ClNO. The number of rotatable bonds is 4. The quantitative estimate of drug-likeness (QED) is 0.843. The van der Waals surface area contributed by atoms with Crippen molar-refractivity contribution in [3.8, 4) is 5.75 Å². The lowest BCUT2D eigenvalue weighted by Gasteiger charge is -2.15. The highest BCUT2D eigenvalue weighted by molar-refractivity contribution is 6.32. The molecule has 1 aromatic carbocycles. The summed E-state index contributed by atoms with van der Waals surface area (Å²) >= 11 is 6.10. The van der Waals surface area contributed by atoms with Gasteiger partial charge in [0.1, 0.15) is 5.75 Å². The van der Waals surface area contributed by atoms with Crippen molar-refractivity contribution in [1.29, 1.82) is 0 Å². The second kappa shape index (κ2) is 5.26. The number of ether oxygens (including phenoxy) is 1. The van der Waals surface area contributed by atoms with Gasteiger partial charge in [0.05, 0.1) is 11.6 Å². The number of anilines is 1. The Bertz CT molecular complexity index is 337. The maximum absolute atomic E-state index is 6.10. The normalized spacial score (nSPS) is 10.5. The molecule has 0 aliphatic rings. The van der Waals surface area contributed by atoms with Gasteiger partial charge in [-0.2, -0.15) is 0 Å². The van der Waals surface area contributed by atoms with E-state index >= 15 is 0 Å². The van der Waals surface area contributed by atoms with Gasteiger partial charge < -0.3 is 10.1 Å². The Morgan fingerprint density at radius 1 is 1.40 bits per heavy atom. The maximum Gasteiger partial charge on any atom is 0.138 e. The van der Waals surface area contributed by atoms with Crippen molar-refractivity contribution in [1.82, 2.24) is 0 Å². The molecule has 0 heterocycles. The van der Waals surface area contributed by atoms with E-state index in [0.29, 0.717) is 17.7 Å². The summed E-state index contributed by atoms with van der Waals surface area (Å²) in [4.78, 5) is 0. The first-order valence-corrected chi connectivity index (χ1v) is 5.61. The average molecular weight is 228 g/mol. The van der Waals surface area contributed by atoms with Crippen molar-refractivity contribution in [3.63, 3.8) is 0 Å². The van der Waals surface area contributed by atoms with E-state index < -0.39 is 0 Å². The summed E-state index contributed by atoms with van der Waals surface area (Å²) in [5.74, 6) is 0.756. The first kappa shape index (κ1) is 12.2. The lowest BCUT2D eigenvalue weighted by Crippen LogP contribution is -2.10. The molecule has 84 valence electrons. The standard InChI is InChI=1S/C12H18ClNO/c1-5-15-12-6-9(4)11(7-10(12)13)14-8(2)3/h6-8,14H,5H2,1-4H3. The largest absolute Gasteiger partial charge is 0.492 e. The number of hydrogen-bond acceptors (Lipinski definition) is 2. The van der Waals surface area contributed by atoms with Gasteiger partial charge in [-0.05, 0) is 45.4 Å². The van der Waals surface area contributed by atoms with Crippen LogP contribution in [-0.4, -0.2) is 12.6 Å². The van der Waals surface area contributed by atoms with Gasteiger partial charge in [-0.3, -0.25) is 0 Å². The molecule has 0 radical (unpaired) electrons. The van der Waals surface area contributed by atoms with E-state index in [2.05, 4.69) is 19.2 Å². The maximum atomic E-state index is 6.10. The van der Waals surface area contributed by atoms with Crippen molar-refractivity contribution in [3.05, 3.63) is 22.7 Å². The minimum Gasteiger partial charge on any atom is -0.492 e. The molecule has 2 nitrogen and oxygen atoms in total. The molecule has 0 atom stereocenters. The number of aryl methyl sites for hydroxylation is 1. The van der Waals surface area contributed by atoms with Crippen LogP contribution >= 0.6 is 11.6 Å². The van der Waals surface area contributed by atoms with Crippen molar-refractivity contribution < 1.29 is 4.74 Å². The predicted molar refractivity (Wildman–Crippen MR) is 66.1 cm³/mol. The summed E-state index contributed by atoms with van der Waals surface area (Å²) in [6.07, 6.45) is 0. The Morgan fingerprint density at radius 3 is 2.60 bits per heavy atom. The summed E-state index contributed by atoms with van der Waals surface area (Å²) in [6, 6.07) is 4.29. The zero-order valence-electron chi connectivity index (χ0n) is 9.73. The third-order valence-electron chi connectivity index (χ3n) is 2.02. The van der Waals surface area contributed by atoms with Gasteiger partial charge in [0.25, 0.3) is 0 Å². The Morgan fingerprint density at radius 2 is 2.07 bits per heavy atom. The third kappa shape index (κ3) is 3.31. The fraction of sp³-hybridized carbons (Fsp3) is 0.500. The first-order chi connectivity index (χ1) is 7.04. The first-order valence-electron chi connectivity index (χ1n) is 5.24. The molecule has 0 saturated carbocycles. The van der Waals surface area contributed by atoms with Crippen LogP contribution in [0.5, 0.6) is 5.75 Å². The molecule has 0 spiro atoms. The Labute approximate surface area is 96.6 Å². The summed E-state index contributed by atoms with van der Waals surface area (Å²) < 4.78 is 5.42. The van der Waals surface area contributed by atoms with Crippen LogP contribution in [0.4, 0.5) is 5.69 Å². The van der Waals surface area contributed by atoms with E-state index in [4.69, 9.17) is 16.3 Å². The topological polar surface area (TPSA) is 21.3 Å². The third-order valence-corrected chi connectivity index (χ3v) is 2.32. The number of nitrogens with one attached hydrogen (secondary N) is 1. The number of benzene rings is 1. The molecule has 0 amide bonds. The summed E-state index contributed by atoms with van der Waals surface area (Å²) in [5, 5.41) is 4.00. The van der Waals surface area contributed by atoms with E-state index in [0.717, 1.165) is 17.0 Å². The minimum atomic E-state index is 0.401. The van der Waals surface area contributed by atoms with Crippen LogP contribution in [0.3, 0.4) is 0 Å². The predicted octanol–water partition coefficient (Wildman–Crippen LogP) is 3.87. The molecule has 1 aromatic rings. The second-order valence-corrected chi connectivity index (χ2v) is 4.24. The zero-order valence-corrected chi connectivity index (χ0v) is 10.5. The van der Waals surface area contributed by atoms with Crippen LogP contribution in [0.1, 0.15) is 26.3 Å². The van der Waals surface area contributed by atoms with E-state index in [-0.39, 0.29) is 0 Å². The van der Waals surface area contributed by atoms with Crippen molar-refractivity contribution >= 4 is 17.3 Å².